The van der Waals surface area contributed by atoms with Crippen LogP contribution in [0.3, 0.4) is 0 Å². The zero-order valence-corrected chi connectivity index (χ0v) is 18.2. The zero-order valence-electron chi connectivity index (χ0n) is 18.2. The van der Waals surface area contributed by atoms with Gasteiger partial charge in [0.1, 0.15) is 0 Å². The second-order valence-corrected chi connectivity index (χ2v) is 8.43. The molecule has 1 amide bonds. The molecule has 0 bridgehead atoms. The van der Waals surface area contributed by atoms with E-state index in [-0.39, 0.29) is 11.9 Å². The van der Waals surface area contributed by atoms with Gasteiger partial charge in [0.15, 0.2) is 11.7 Å². The number of aryl methyl sites for hydroxylation is 1. The van der Waals surface area contributed by atoms with Crippen LogP contribution in [-0.4, -0.2) is 35.4 Å². The van der Waals surface area contributed by atoms with E-state index in [2.05, 4.69) is 46.4 Å². The van der Waals surface area contributed by atoms with Crippen molar-refractivity contribution in [2.45, 2.75) is 38.6 Å². The van der Waals surface area contributed by atoms with Crippen LogP contribution in [0.5, 0.6) is 0 Å². The van der Waals surface area contributed by atoms with Gasteiger partial charge in [-0.15, -0.1) is 0 Å². The summed E-state index contributed by atoms with van der Waals surface area (Å²) in [4.78, 5) is 19.4. The number of rotatable bonds is 8. The third-order valence-electron chi connectivity index (χ3n) is 6.11. The van der Waals surface area contributed by atoms with Gasteiger partial charge in [-0.3, -0.25) is 9.69 Å². The van der Waals surface area contributed by atoms with Crippen molar-refractivity contribution < 1.29 is 9.21 Å². The molecule has 0 spiro atoms. The van der Waals surface area contributed by atoms with E-state index in [9.17, 15) is 4.79 Å². The summed E-state index contributed by atoms with van der Waals surface area (Å²) in [6, 6.07) is 20.6. The molecule has 1 aromatic heterocycles. The summed E-state index contributed by atoms with van der Waals surface area (Å²) >= 11 is 0. The Labute approximate surface area is 184 Å². The minimum atomic E-state index is 0.0331. The number of nitrogens with one attached hydrogen (secondary N) is 1. The Hall–Kier alpha value is -2.92. The van der Waals surface area contributed by atoms with Gasteiger partial charge in [-0.2, -0.15) is 0 Å². The van der Waals surface area contributed by atoms with E-state index in [4.69, 9.17) is 4.42 Å². The van der Waals surface area contributed by atoms with Crippen molar-refractivity contribution in [3.63, 3.8) is 0 Å². The van der Waals surface area contributed by atoms with Crippen LogP contribution in [0.1, 0.15) is 43.7 Å². The number of carbonyl (C=O) groups excluding carboxylic acids is 1. The number of likely N-dealkylation sites (tertiary alicyclic amines) is 1. The van der Waals surface area contributed by atoms with E-state index in [1.54, 1.807) is 6.20 Å². The molecular formula is C26H31N3O2. The Kier molecular flexibility index (Phi) is 7.15. The molecule has 5 nitrogen and oxygen atoms in total. The zero-order chi connectivity index (χ0) is 21.5. The fraction of sp³-hybridized carbons (Fsp3) is 0.385. The largest absolute Gasteiger partial charge is 0.441 e. The van der Waals surface area contributed by atoms with Gasteiger partial charge in [-0.1, -0.05) is 67.6 Å². The normalized spacial score (nSPS) is 16.2. The summed E-state index contributed by atoms with van der Waals surface area (Å²) in [6.45, 7) is 5.10. The van der Waals surface area contributed by atoms with E-state index in [1.165, 1.54) is 18.4 Å². The van der Waals surface area contributed by atoms with Crippen molar-refractivity contribution in [3.8, 4) is 11.3 Å². The van der Waals surface area contributed by atoms with Gasteiger partial charge < -0.3 is 9.73 Å². The fourth-order valence-corrected chi connectivity index (χ4v) is 4.15. The molecule has 5 heteroatoms. The predicted octanol–water partition coefficient (Wildman–Crippen LogP) is 4.86. The molecule has 1 unspecified atom stereocenters. The lowest BCUT2D eigenvalue weighted by Crippen LogP contribution is -2.42. The Morgan fingerprint density at radius 2 is 1.77 bits per heavy atom. The number of piperidine rings is 1. The van der Waals surface area contributed by atoms with Gasteiger partial charge >= 0.3 is 0 Å². The van der Waals surface area contributed by atoms with Crippen molar-refractivity contribution in [1.82, 2.24) is 15.2 Å². The number of oxazole rings is 1. The summed E-state index contributed by atoms with van der Waals surface area (Å²) < 4.78 is 5.82. The molecule has 1 aliphatic heterocycles. The maximum absolute atomic E-state index is 12.6. The van der Waals surface area contributed by atoms with Crippen LogP contribution in [0, 0.1) is 5.92 Å². The molecule has 1 fully saturated rings. The molecule has 0 saturated carbocycles. The molecule has 1 aliphatic rings. The lowest BCUT2D eigenvalue weighted by atomic mass is 9.95. The average molecular weight is 418 g/mol. The molecule has 4 rings (SSSR count). The van der Waals surface area contributed by atoms with Crippen molar-refractivity contribution >= 4 is 5.91 Å². The van der Waals surface area contributed by atoms with Crippen LogP contribution in [0.4, 0.5) is 0 Å². The van der Waals surface area contributed by atoms with Crippen LogP contribution in [0.25, 0.3) is 11.3 Å². The Balaban J connectivity index is 1.31. The molecule has 3 aromatic rings. The van der Waals surface area contributed by atoms with Crippen molar-refractivity contribution in [3.05, 3.63) is 78.3 Å². The van der Waals surface area contributed by atoms with Gasteiger partial charge in [0.2, 0.25) is 5.91 Å². The SMILES string of the molecule is CC1CCN(C(CNC(=O)CCc2ncc(-c3ccccc3)o2)c2ccccc2)CC1. The van der Waals surface area contributed by atoms with Gasteiger partial charge in [0.05, 0.1) is 12.2 Å². The number of benzene rings is 2. The molecule has 2 aromatic carbocycles. The number of hydrogen-bond donors (Lipinski definition) is 1. The topological polar surface area (TPSA) is 58.4 Å². The molecule has 0 radical (unpaired) electrons. The number of aromatic nitrogens is 1. The van der Waals surface area contributed by atoms with Gasteiger partial charge in [-0.05, 0) is 37.4 Å². The summed E-state index contributed by atoms with van der Waals surface area (Å²) in [5, 5.41) is 3.15. The van der Waals surface area contributed by atoms with E-state index >= 15 is 0 Å². The first-order chi connectivity index (χ1) is 15.2. The molecule has 2 heterocycles. The summed E-state index contributed by atoms with van der Waals surface area (Å²) in [6.07, 6.45) is 5.02. The van der Waals surface area contributed by atoms with Gasteiger partial charge in [0, 0.05) is 24.9 Å². The first kappa shape index (κ1) is 21.3. The predicted molar refractivity (Wildman–Crippen MR) is 122 cm³/mol. The Morgan fingerprint density at radius 1 is 1.10 bits per heavy atom. The molecule has 0 aliphatic carbocycles. The second kappa shape index (κ2) is 10.4. The van der Waals surface area contributed by atoms with Crippen LogP contribution < -0.4 is 5.32 Å². The molecule has 1 atom stereocenters. The van der Waals surface area contributed by atoms with Crippen molar-refractivity contribution in [2.24, 2.45) is 5.92 Å². The summed E-state index contributed by atoms with van der Waals surface area (Å²) in [7, 11) is 0. The van der Waals surface area contributed by atoms with Crippen molar-refractivity contribution in [2.75, 3.05) is 19.6 Å². The van der Waals surface area contributed by atoms with Crippen molar-refractivity contribution in [1.29, 1.82) is 0 Å². The smallest absolute Gasteiger partial charge is 0.220 e. The fourth-order valence-electron chi connectivity index (χ4n) is 4.15. The molecule has 31 heavy (non-hydrogen) atoms. The number of nitrogens with zero attached hydrogens (tertiary/aromatic N) is 2. The number of carbonyl (C=O) groups is 1. The summed E-state index contributed by atoms with van der Waals surface area (Å²) in [5.74, 6) is 2.15. The highest BCUT2D eigenvalue weighted by Crippen LogP contribution is 2.26. The molecule has 1 saturated heterocycles. The highest BCUT2D eigenvalue weighted by Gasteiger charge is 2.25. The number of hydrogen-bond acceptors (Lipinski definition) is 4. The Morgan fingerprint density at radius 3 is 2.48 bits per heavy atom. The minimum absolute atomic E-state index is 0.0331. The summed E-state index contributed by atoms with van der Waals surface area (Å²) in [5.41, 5.74) is 2.25. The number of amides is 1. The highest BCUT2D eigenvalue weighted by molar-refractivity contribution is 5.76. The van der Waals surface area contributed by atoms with Crippen LogP contribution in [-0.2, 0) is 11.2 Å². The molecule has 1 N–H and O–H groups in total. The van der Waals surface area contributed by atoms with Crippen LogP contribution in [0.15, 0.2) is 71.3 Å². The van der Waals surface area contributed by atoms with Gasteiger partial charge in [0.25, 0.3) is 0 Å². The molecule has 162 valence electrons. The lowest BCUT2D eigenvalue weighted by Gasteiger charge is -2.37. The van der Waals surface area contributed by atoms with Crippen LogP contribution >= 0.6 is 0 Å². The standard InChI is InChI=1S/C26H31N3O2/c1-20-14-16-29(17-15-20)23(21-8-4-2-5-9-21)18-27-25(30)12-13-26-28-19-24(31-26)22-10-6-3-7-11-22/h2-11,19-20,23H,12-18H2,1H3,(H,27,30). The molecular weight excluding hydrogens is 386 g/mol. The van der Waals surface area contributed by atoms with E-state index in [0.29, 0.717) is 25.3 Å². The average Bonchev–Trinajstić information content (AvgIpc) is 3.29. The maximum atomic E-state index is 12.6. The van der Waals surface area contributed by atoms with Crippen LogP contribution in [0.2, 0.25) is 0 Å². The van der Waals surface area contributed by atoms with E-state index in [1.807, 2.05) is 36.4 Å². The quantitative estimate of drug-likeness (QED) is 0.568. The lowest BCUT2D eigenvalue weighted by molar-refractivity contribution is -0.121. The monoisotopic (exact) mass is 417 g/mol. The Bertz CT molecular complexity index is 947. The minimum Gasteiger partial charge on any atom is -0.441 e. The van der Waals surface area contributed by atoms with E-state index < -0.39 is 0 Å². The second-order valence-electron chi connectivity index (χ2n) is 8.43. The highest BCUT2D eigenvalue weighted by atomic mass is 16.4. The third-order valence-corrected chi connectivity index (χ3v) is 6.11. The van der Waals surface area contributed by atoms with Gasteiger partial charge in [-0.25, -0.2) is 4.98 Å². The van der Waals surface area contributed by atoms with E-state index in [0.717, 1.165) is 30.3 Å². The maximum Gasteiger partial charge on any atom is 0.220 e. The first-order valence-electron chi connectivity index (χ1n) is 11.2. The first-order valence-corrected chi connectivity index (χ1v) is 11.2. The third kappa shape index (κ3) is 5.82.